The van der Waals surface area contributed by atoms with E-state index in [1.165, 1.54) is 23.9 Å². The van der Waals surface area contributed by atoms with Gasteiger partial charge in [-0.3, -0.25) is 9.78 Å². The SMILES string of the molecule is O=C(Nc1ccc(C(F)(F)F)cc1)c1ccccc1SCc1ccncc1. The highest BCUT2D eigenvalue weighted by molar-refractivity contribution is 7.98. The Morgan fingerprint density at radius 1 is 0.963 bits per heavy atom. The van der Waals surface area contributed by atoms with Crippen molar-refractivity contribution >= 4 is 23.4 Å². The number of aromatic nitrogens is 1. The predicted octanol–water partition coefficient (Wildman–Crippen LogP) is 5.65. The van der Waals surface area contributed by atoms with E-state index in [9.17, 15) is 18.0 Å². The third-order valence-electron chi connectivity index (χ3n) is 3.75. The largest absolute Gasteiger partial charge is 0.416 e. The fourth-order valence-electron chi connectivity index (χ4n) is 2.36. The summed E-state index contributed by atoms with van der Waals surface area (Å²) in [5.74, 6) is 0.306. The molecule has 1 N–H and O–H groups in total. The number of hydrogen-bond acceptors (Lipinski definition) is 3. The van der Waals surface area contributed by atoms with Crippen LogP contribution >= 0.6 is 11.8 Å². The summed E-state index contributed by atoms with van der Waals surface area (Å²) in [6.45, 7) is 0. The molecule has 2 aromatic carbocycles. The molecule has 0 radical (unpaired) electrons. The molecule has 0 aliphatic heterocycles. The van der Waals surface area contributed by atoms with Crippen molar-refractivity contribution in [1.82, 2.24) is 4.98 Å². The number of carbonyl (C=O) groups is 1. The van der Waals surface area contributed by atoms with E-state index in [-0.39, 0.29) is 5.91 Å². The molecule has 3 aromatic rings. The van der Waals surface area contributed by atoms with Gasteiger partial charge in [-0.1, -0.05) is 12.1 Å². The number of rotatable bonds is 5. The minimum Gasteiger partial charge on any atom is -0.322 e. The van der Waals surface area contributed by atoms with Gasteiger partial charge < -0.3 is 5.32 Å². The van der Waals surface area contributed by atoms with Crippen LogP contribution in [0.25, 0.3) is 0 Å². The Hall–Kier alpha value is -2.80. The molecule has 0 saturated carbocycles. The molecule has 0 fully saturated rings. The van der Waals surface area contributed by atoms with Crippen LogP contribution in [-0.4, -0.2) is 10.9 Å². The monoisotopic (exact) mass is 388 g/mol. The summed E-state index contributed by atoms with van der Waals surface area (Å²) in [6, 6.07) is 15.3. The van der Waals surface area contributed by atoms with Gasteiger partial charge in [-0.05, 0) is 54.1 Å². The number of carbonyl (C=O) groups excluding carboxylic acids is 1. The Morgan fingerprint density at radius 3 is 2.30 bits per heavy atom. The van der Waals surface area contributed by atoms with Gasteiger partial charge in [0.1, 0.15) is 0 Å². The zero-order valence-electron chi connectivity index (χ0n) is 14.0. The molecule has 0 aliphatic rings. The van der Waals surface area contributed by atoms with Crippen LogP contribution in [0.3, 0.4) is 0 Å². The smallest absolute Gasteiger partial charge is 0.322 e. The number of amides is 1. The molecule has 27 heavy (non-hydrogen) atoms. The quantitative estimate of drug-likeness (QED) is 0.575. The maximum atomic E-state index is 12.6. The number of anilines is 1. The average molecular weight is 388 g/mol. The van der Waals surface area contributed by atoms with Gasteiger partial charge in [0, 0.05) is 28.7 Å². The van der Waals surface area contributed by atoms with Gasteiger partial charge in [0.05, 0.1) is 11.1 Å². The summed E-state index contributed by atoms with van der Waals surface area (Å²) in [5, 5.41) is 2.65. The first kappa shape index (κ1) is 19.0. The van der Waals surface area contributed by atoms with Crippen LogP contribution in [-0.2, 0) is 11.9 Å². The summed E-state index contributed by atoms with van der Waals surface area (Å²) < 4.78 is 37.9. The summed E-state index contributed by atoms with van der Waals surface area (Å²) in [6.07, 6.45) is -0.989. The minimum atomic E-state index is -4.40. The van der Waals surface area contributed by atoms with Crippen LogP contribution in [0.5, 0.6) is 0 Å². The molecule has 0 saturated heterocycles. The molecule has 1 heterocycles. The number of pyridine rings is 1. The molecule has 3 rings (SSSR count). The van der Waals surface area contributed by atoms with Gasteiger partial charge in [0.2, 0.25) is 0 Å². The fourth-order valence-corrected chi connectivity index (χ4v) is 3.37. The number of alkyl halides is 3. The lowest BCUT2D eigenvalue weighted by atomic mass is 10.1. The van der Waals surface area contributed by atoms with Crippen LogP contribution in [0.2, 0.25) is 0 Å². The Kier molecular flexibility index (Phi) is 5.81. The molecular formula is C20H15F3N2OS. The first-order valence-electron chi connectivity index (χ1n) is 8.03. The van der Waals surface area contributed by atoms with Crippen molar-refractivity contribution in [2.45, 2.75) is 16.8 Å². The molecule has 7 heteroatoms. The van der Waals surface area contributed by atoms with Crippen molar-refractivity contribution in [3.8, 4) is 0 Å². The van der Waals surface area contributed by atoms with E-state index in [1.807, 2.05) is 24.3 Å². The van der Waals surface area contributed by atoms with Gasteiger partial charge in [0.25, 0.3) is 5.91 Å². The van der Waals surface area contributed by atoms with Gasteiger partial charge >= 0.3 is 6.18 Å². The second kappa shape index (κ2) is 8.26. The Balaban J connectivity index is 1.71. The van der Waals surface area contributed by atoms with E-state index in [0.717, 1.165) is 22.6 Å². The highest BCUT2D eigenvalue weighted by Crippen LogP contribution is 2.30. The van der Waals surface area contributed by atoms with Gasteiger partial charge in [-0.25, -0.2) is 0 Å². The van der Waals surface area contributed by atoms with Gasteiger partial charge in [0.15, 0.2) is 0 Å². The lowest BCUT2D eigenvalue weighted by molar-refractivity contribution is -0.137. The topological polar surface area (TPSA) is 42.0 Å². The highest BCUT2D eigenvalue weighted by Gasteiger charge is 2.30. The van der Waals surface area contributed by atoms with Crippen molar-refractivity contribution < 1.29 is 18.0 Å². The minimum absolute atomic E-state index is 0.307. The molecule has 0 aliphatic carbocycles. The Bertz CT molecular complexity index is 913. The molecule has 1 amide bonds. The zero-order valence-corrected chi connectivity index (χ0v) is 14.8. The van der Waals surface area contributed by atoms with E-state index >= 15 is 0 Å². The normalized spacial score (nSPS) is 11.2. The van der Waals surface area contributed by atoms with E-state index in [0.29, 0.717) is 17.0 Å². The number of halogens is 3. The lowest BCUT2D eigenvalue weighted by Gasteiger charge is -2.11. The van der Waals surface area contributed by atoms with E-state index in [2.05, 4.69) is 10.3 Å². The Morgan fingerprint density at radius 2 is 1.63 bits per heavy atom. The van der Waals surface area contributed by atoms with Crippen LogP contribution in [0.1, 0.15) is 21.5 Å². The summed E-state index contributed by atoms with van der Waals surface area (Å²) in [5.41, 5.74) is 1.10. The molecule has 138 valence electrons. The molecular weight excluding hydrogens is 373 g/mol. The standard InChI is InChI=1S/C20H15F3N2OS/c21-20(22,23)15-5-7-16(8-6-15)25-19(26)17-3-1-2-4-18(17)27-13-14-9-11-24-12-10-14/h1-12H,13H2,(H,25,26). The van der Waals surface area contributed by atoms with Crippen LogP contribution in [0, 0.1) is 0 Å². The predicted molar refractivity (Wildman–Crippen MR) is 99.6 cm³/mol. The second-order valence-corrected chi connectivity index (χ2v) is 6.69. The highest BCUT2D eigenvalue weighted by atomic mass is 32.2. The fraction of sp³-hybridized carbons (Fsp3) is 0.100. The average Bonchev–Trinajstić information content (AvgIpc) is 2.67. The van der Waals surface area contributed by atoms with Crippen molar-refractivity contribution in [3.05, 3.63) is 89.7 Å². The lowest BCUT2D eigenvalue weighted by Crippen LogP contribution is -2.13. The number of nitrogens with one attached hydrogen (secondary N) is 1. The molecule has 3 nitrogen and oxygen atoms in total. The zero-order chi connectivity index (χ0) is 19.3. The second-order valence-electron chi connectivity index (χ2n) is 5.67. The molecule has 0 unspecified atom stereocenters. The summed E-state index contributed by atoms with van der Waals surface area (Å²) >= 11 is 1.51. The van der Waals surface area contributed by atoms with Crippen LogP contribution in [0.4, 0.5) is 18.9 Å². The number of benzene rings is 2. The van der Waals surface area contributed by atoms with Gasteiger partial charge in [-0.2, -0.15) is 13.2 Å². The number of hydrogen-bond donors (Lipinski definition) is 1. The van der Waals surface area contributed by atoms with Crippen LogP contribution in [0.15, 0.2) is 78.0 Å². The van der Waals surface area contributed by atoms with E-state index < -0.39 is 11.7 Å². The van der Waals surface area contributed by atoms with Crippen molar-refractivity contribution in [3.63, 3.8) is 0 Å². The third-order valence-corrected chi connectivity index (χ3v) is 4.89. The van der Waals surface area contributed by atoms with Crippen molar-refractivity contribution in [1.29, 1.82) is 0 Å². The van der Waals surface area contributed by atoms with Gasteiger partial charge in [-0.15, -0.1) is 11.8 Å². The number of thioether (sulfide) groups is 1. The maximum Gasteiger partial charge on any atom is 0.416 e. The first-order valence-corrected chi connectivity index (χ1v) is 9.01. The van der Waals surface area contributed by atoms with Crippen molar-refractivity contribution in [2.75, 3.05) is 5.32 Å². The first-order chi connectivity index (χ1) is 12.9. The Labute approximate surface area is 158 Å². The van der Waals surface area contributed by atoms with Crippen molar-refractivity contribution in [2.24, 2.45) is 0 Å². The summed E-state index contributed by atoms with van der Waals surface area (Å²) in [7, 11) is 0. The van der Waals surface area contributed by atoms with Crippen LogP contribution < -0.4 is 5.32 Å². The molecule has 0 spiro atoms. The van der Waals surface area contributed by atoms with E-state index in [4.69, 9.17) is 0 Å². The molecule has 1 aromatic heterocycles. The van der Waals surface area contributed by atoms with E-state index in [1.54, 1.807) is 24.5 Å². The molecule has 0 atom stereocenters. The third kappa shape index (κ3) is 5.10. The molecule has 0 bridgehead atoms. The number of nitrogens with zero attached hydrogens (tertiary/aromatic N) is 1. The maximum absolute atomic E-state index is 12.6. The summed E-state index contributed by atoms with van der Waals surface area (Å²) in [4.78, 5) is 17.3.